The van der Waals surface area contributed by atoms with Crippen LogP contribution >= 0.6 is 0 Å². The molecule has 1 unspecified atom stereocenters. The maximum atomic E-state index is 13.2. The summed E-state index contributed by atoms with van der Waals surface area (Å²) in [4.78, 5) is 0. The Morgan fingerprint density at radius 2 is 2.10 bits per heavy atom. The number of nitrogens with zero attached hydrogens (tertiary/aromatic N) is 1. The number of rotatable bonds is 4. The smallest absolute Gasteiger partial charge is 0.140 e. The lowest BCUT2D eigenvalue weighted by atomic mass is 10.1. The van der Waals surface area contributed by atoms with Crippen LogP contribution in [0.1, 0.15) is 41.2 Å². The van der Waals surface area contributed by atoms with Crippen molar-refractivity contribution in [2.75, 3.05) is 0 Å². The summed E-state index contributed by atoms with van der Waals surface area (Å²) < 4.78 is 18.7. The molecule has 0 aliphatic heterocycles. The lowest BCUT2D eigenvalue weighted by Gasteiger charge is -2.13. The predicted molar refractivity (Wildman–Crippen MR) is 74.6 cm³/mol. The van der Waals surface area contributed by atoms with Gasteiger partial charge in [0.2, 0.25) is 0 Å². The highest BCUT2D eigenvalue weighted by molar-refractivity contribution is 5.34. The van der Waals surface area contributed by atoms with E-state index in [1.165, 1.54) is 6.07 Å². The Morgan fingerprint density at radius 3 is 2.70 bits per heavy atom. The highest BCUT2D eigenvalue weighted by Crippen LogP contribution is 2.21. The first-order chi connectivity index (χ1) is 9.51. The molecule has 2 rings (SSSR count). The molecule has 0 aliphatic rings. The van der Waals surface area contributed by atoms with Crippen molar-refractivity contribution in [3.05, 3.63) is 58.3 Å². The number of halogens is 1. The Hall–Kier alpha value is -2.12. The average Bonchev–Trinajstić information content (AvgIpc) is 2.76. The molecule has 20 heavy (non-hydrogen) atoms. The minimum atomic E-state index is -0.481. The van der Waals surface area contributed by atoms with Crippen molar-refractivity contribution >= 4 is 0 Å². The Labute approximate surface area is 118 Å². The van der Waals surface area contributed by atoms with Crippen LogP contribution in [0.25, 0.3) is 0 Å². The van der Waals surface area contributed by atoms with Crippen molar-refractivity contribution in [2.24, 2.45) is 0 Å². The highest BCUT2D eigenvalue weighted by Gasteiger charge is 2.12. The number of hydrogen-bond donors (Lipinski definition) is 1. The molecule has 1 aromatic heterocycles. The van der Waals surface area contributed by atoms with Gasteiger partial charge in [0.1, 0.15) is 23.4 Å². The largest absolute Gasteiger partial charge is 0.466 e. The molecule has 1 N–H and O–H groups in total. The third-order valence-corrected chi connectivity index (χ3v) is 3.31. The Bertz CT molecular complexity index is 655. The maximum Gasteiger partial charge on any atom is 0.140 e. The second-order valence-corrected chi connectivity index (χ2v) is 4.90. The number of aryl methyl sites for hydroxylation is 2. The minimum absolute atomic E-state index is 0.0762. The first kappa shape index (κ1) is 14.3. The van der Waals surface area contributed by atoms with Crippen LogP contribution in [-0.2, 0) is 6.54 Å². The second kappa shape index (κ2) is 5.89. The molecule has 0 saturated carbocycles. The van der Waals surface area contributed by atoms with E-state index in [2.05, 4.69) is 5.32 Å². The topological polar surface area (TPSA) is 49.0 Å². The van der Waals surface area contributed by atoms with Crippen LogP contribution in [0.3, 0.4) is 0 Å². The normalized spacial score (nSPS) is 12.2. The van der Waals surface area contributed by atoms with E-state index in [-0.39, 0.29) is 11.6 Å². The molecular weight excluding hydrogens is 255 g/mol. The van der Waals surface area contributed by atoms with Gasteiger partial charge in [-0.1, -0.05) is 6.07 Å². The first-order valence-electron chi connectivity index (χ1n) is 6.50. The van der Waals surface area contributed by atoms with Gasteiger partial charge >= 0.3 is 0 Å². The molecule has 1 aromatic carbocycles. The quantitative estimate of drug-likeness (QED) is 0.922. The van der Waals surface area contributed by atoms with Gasteiger partial charge < -0.3 is 9.73 Å². The van der Waals surface area contributed by atoms with Gasteiger partial charge in [0.05, 0.1) is 5.56 Å². The standard InChI is InChI=1S/C16H17FN2O/c1-10-6-15(12(3)20-10)11(2)19-9-13-4-5-16(17)14(7-13)8-18/h4-7,11,19H,9H2,1-3H3. The lowest BCUT2D eigenvalue weighted by Crippen LogP contribution is -2.18. The van der Waals surface area contributed by atoms with Crippen molar-refractivity contribution in [3.8, 4) is 6.07 Å². The third kappa shape index (κ3) is 3.06. The monoisotopic (exact) mass is 272 g/mol. The van der Waals surface area contributed by atoms with Gasteiger partial charge in [-0.25, -0.2) is 4.39 Å². The van der Waals surface area contributed by atoms with Gasteiger partial charge in [-0.15, -0.1) is 0 Å². The molecular formula is C16H17FN2O. The van der Waals surface area contributed by atoms with Gasteiger partial charge in [0, 0.05) is 18.2 Å². The zero-order valence-corrected chi connectivity index (χ0v) is 11.8. The molecule has 2 aromatic rings. The number of nitrogens with one attached hydrogen (secondary N) is 1. The fraction of sp³-hybridized carbons (Fsp3) is 0.312. The molecule has 0 radical (unpaired) electrons. The van der Waals surface area contributed by atoms with Crippen molar-refractivity contribution < 1.29 is 8.81 Å². The lowest BCUT2D eigenvalue weighted by molar-refractivity contribution is 0.489. The Morgan fingerprint density at radius 1 is 1.35 bits per heavy atom. The van der Waals surface area contributed by atoms with Gasteiger partial charge in [-0.05, 0) is 44.5 Å². The van der Waals surface area contributed by atoms with Crippen LogP contribution in [0.15, 0.2) is 28.7 Å². The number of benzene rings is 1. The van der Waals surface area contributed by atoms with Crippen LogP contribution in [0.5, 0.6) is 0 Å². The van der Waals surface area contributed by atoms with Crippen molar-refractivity contribution in [1.29, 1.82) is 5.26 Å². The third-order valence-electron chi connectivity index (χ3n) is 3.31. The van der Waals surface area contributed by atoms with Gasteiger partial charge in [0.15, 0.2) is 0 Å². The van der Waals surface area contributed by atoms with E-state index in [9.17, 15) is 4.39 Å². The SMILES string of the molecule is Cc1cc(C(C)NCc2ccc(F)c(C#N)c2)c(C)o1. The molecule has 0 spiro atoms. The zero-order chi connectivity index (χ0) is 14.7. The van der Waals surface area contributed by atoms with E-state index in [0.29, 0.717) is 6.54 Å². The molecule has 0 aliphatic carbocycles. The fourth-order valence-electron chi connectivity index (χ4n) is 2.23. The second-order valence-electron chi connectivity index (χ2n) is 4.90. The summed E-state index contributed by atoms with van der Waals surface area (Å²) in [6, 6.07) is 8.57. The average molecular weight is 272 g/mol. The summed E-state index contributed by atoms with van der Waals surface area (Å²) in [7, 11) is 0. The van der Waals surface area contributed by atoms with Crippen molar-refractivity contribution in [3.63, 3.8) is 0 Å². The Kier molecular flexibility index (Phi) is 4.21. The van der Waals surface area contributed by atoms with Crippen LogP contribution in [0, 0.1) is 31.0 Å². The van der Waals surface area contributed by atoms with Crippen LogP contribution < -0.4 is 5.32 Å². The molecule has 0 bridgehead atoms. The summed E-state index contributed by atoms with van der Waals surface area (Å²) in [6.07, 6.45) is 0. The molecule has 1 atom stereocenters. The van der Waals surface area contributed by atoms with Gasteiger partial charge in [-0.3, -0.25) is 0 Å². The summed E-state index contributed by atoms with van der Waals surface area (Å²) in [5.74, 6) is 1.31. The van der Waals surface area contributed by atoms with E-state index in [4.69, 9.17) is 9.68 Å². The minimum Gasteiger partial charge on any atom is -0.466 e. The molecule has 1 heterocycles. The van der Waals surface area contributed by atoms with E-state index < -0.39 is 5.82 Å². The van der Waals surface area contributed by atoms with Crippen molar-refractivity contribution in [2.45, 2.75) is 33.4 Å². The number of nitriles is 1. The van der Waals surface area contributed by atoms with E-state index in [1.807, 2.05) is 32.9 Å². The first-order valence-corrected chi connectivity index (χ1v) is 6.50. The molecule has 0 fully saturated rings. The summed E-state index contributed by atoms with van der Waals surface area (Å²) in [5, 5.41) is 12.2. The molecule has 4 heteroatoms. The molecule has 3 nitrogen and oxygen atoms in total. The summed E-state index contributed by atoms with van der Waals surface area (Å²) in [6.45, 7) is 6.47. The Balaban J connectivity index is 2.05. The zero-order valence-electron chi connectivity index (χ0n) is 11.8. The van der Waals surface area contributed by atoms with Crippen LogP contribution in [0.2, 0.25) is 0 Å². The van der Waals surface area contributed by atoms with Crippen LogP contribution in [0.4, 0.5) is 4.39 Å². The van der Waals surface area contributed by atoms with E-state index in [1.54, 1.807) is 12.1 Å². The van der Waals surface area contributed by atoms with Crippen molar-refractivity contribution in [1.82, 2.24) is 5.32 Å². The predicted octanol–water partition coefficient (Wildman–Crippen LogP) is 3.76. The maximum absolute atomic E-state index is 13.2. The summed E-state index contributed by atoms with van der Waals surface area (Å²) in [5.41, 5.74) is 2.07. The number of furan rings is 1. The fourth-order valence-corrected chi connectivity index (χ4v) is 2.23. The highest BCUT2D eigenvalue weighted by atomic mass is 19.1. The molecule has 104 valence electrons. The van der Waals surface area contributed by atoms with Crippen LogP contribution in [-0.4, -0.2) is 0 Å². The molecule has 0 saturated heterocycles. The summed E-state index contributed by atoms with van der Waals surface area (Å²) >= 11 is 0. The number of hydrogen-bond acceptors (Lipinski definition) is 3. The van der Waals surface area contributed by atoms with E-state index in [0.717, 1.165) is 22.6 Å². The van der Waals surface area contributed by atoms with Gasteiger partial charge in [0.25, 0.3) is 0 Å². The molecule has 0 amide bonds. The van der Waals surface area contributed by atoms with Gasteiger partial charge in [-0.2, -0.15) is 5.26 Å². The van der Waals surface area contributed by atoms with E-state index >= 15 is 0 Å².